The summed E-state index contributed by atoms with van der Waals surface area (Å²) in [7, 11) is 0. The number of benzene rings is 2. The highest BCUT2D eigenvalue weighted by atomic mass is 16.5. The molecular formula is C20H24N2O3. The molecule has 3 rings (SSSR count). The highest BCUT2D eigenvalue weighted by Crippen LogP contribution is 2.33. The summed E-state index contributed by atoms with van der Waals surface area (Å²) in [4.78, 5) is 14.5. The van der Waals surface area contributed by atoms with Crippen LogP contribution in [0.4, 0.5) is 0 Å². The zero-order valence-electron chi connectivity index (χ0n) is 14.4. The predicted octanol–water partition coefficient (Wildman–Crippen LogP) is 2.38. The van der Waals surface area contributed by atoms with Crippen LogP contribution in [0.3, 0.4) is 0 Å². The lowest BCUT2D eigenvalue weighted by Gasteiger charge is -2.27. The van der Waals surface area contributed by atoms with Gasteiger partial charge in [-0.1, -0.05) is 43.0 Å². The summed E-state index contributed by atoms with van der Waals surface area (Å²) in [5.74, 6) is 0.101. The van der Waals surface area contributed by atoms with Crippen molar-refractivity contribution in [2.45, 2.75) is 6.42 Å². The molecule has 0 radical (unpaired) electrons. The molecule has 0 bridgehead atoms. The van der Waals surface area contributed by atoms with Crippen LogP contribution < -0.4 is 10.5 Å². The van der Waals surface area contributed by atoms with E-state index < -0.39 is 5.91 Å². The molecule has 1 saturated heterocycles. The molecule has 0 unspecified atom stereocenters. The van der Waals surface area contributed by atoms with Crippen molar-refractivity contribution in [3.05, 3.63) is 54.1 Å². The largest absolute Gasteiger partial charge is 0.488 e. The smallest absolute Gasteiger partial charge is 0.252 e. The van der Waals surface area contributed by atoms with Gasteiger partial charge in [-0.25, -0.2) is 0 Å². The Morgan fingerprint density at radius 3 is 2.80 bits per heavy atom. The fourth-order valence-electron chi connectivity index (χ4n) is 3.23. The Labute approximate surface area is 148 Å². The number of carbonyl (C=O) groups is 1. The Hall–Kier alpha value is -2.37. The summed E-state index contributed by atoms with van der Waals surface area (Å²) in [6.07, 6.45) is 2.41. The zero-order valence-corrected chi connectivity index (χ0v) is 14.4. The van der Waals surface area contributed by atoms with Gasteiger partial charge in [-0.3, -0.25) is 9.69 Å². The first-order chi connectivity index (χ1) is 12.2. The Balaban J connectivity index is 1.98. The molecule has 25 heavy (non-hydrogen) atoms. The molecule has 1 aliphatic rings. The molecule has 2 aromatic rings. The maximum atomic E-state index is 12.2. The number of nitrogens with zero attached hydrogens (tertiary/aromatic N) is 1. The number of primary amides is 1. The lowest BCUT2D eigenvalue weighted by molar-refractivity contribution is 0.0384. The van der Waals surface area contributed by atoms with E-state index >= 15 is 0 Å². The number of rotatable bonds is 7. The van der Waals surface area contributed by atoms with Crippen LogP contribution in [-0.2, 0) is 11.2 Å². The highest BCUT2D eigenvalue weighted by Gasteiger charge is 2.20. The van der Waals surface area contributed by atoms with Crippen molar-refractivity contribution < 1.29 is 14.3 Å². The van der Waals surface area contributed by atoms with E-state index in [1.807, 2.05) is 24.3 Å². The van der Waals surface area contributed by atoms with Crippen LogP contribution in [0.2, 0.25) is 0 Å². The topological polar surface area (TPSA) is 64.8 Å². The highest BCUT2D eigenvalue weighted by molar-refractivity contribution is 6.04. The molecule has 2 N–H and O–H groups in total. The first-order valence-electron chi connectivity index (χ1n) is 8.59. The molecule has 0 spiro atoms. The summed E-state index contributed by atoms with van der Waals surface area (Å²) in [6, 6.07) is 9.94. The van der Waals surface area contributed by atoms with Crippen molar-refractivity contribution in [3.63, 3.8) is 0 Å². The molecule has 0 atom stereocenters. The van der Waals surface area contributed by atoms with Gasteiger partial charge < -0.3 is 15.2 Å². The molecule has 1 heterocycles. The minimum atomic E-state index is -0.457. The molecule has 0 aliphatic carbocycles. The van der Waals surface area contributed by atoms with Gasteiger partial charge in [-0.2, -0.15) is 0 Å². The van der Waals surface area contributed by atoms with Crippen molar-refractivity contribution in [2.24, 2.45) is 5.73 Å². The Morgan fingerprint density at radius 1 is 1.32 bits per heavy atom. The number of amides is 1. The summed E-state index contributed by atoms with van der Waals surface area (Å²) >= 11 is 0. The van der Waals surface area contributed by atoms with E-state index in [1.165, 1.54) is 0 Å². The average Bonchev–Trinajstić information content (AvgIpc) is 2.64. The molecule has 1 amide bonds. The maximum absolute atomic E-state index is 12.2. The van der Waals surface area contributed by atoms with Gasteiger partial charge in [0.25, 0.3) is 5.91 Å². The fraction of sp³-hybridized carbons (Fsp3) is 0.350. The fourth-order valence-corrected chi connectivity index (χ4v) is 3.23. The van der Waals surface area contributed by atoms with E-state index in [-0.39, 0.29) is 0 Å². The van der Waals surface area contributed by atoms with E-state index in [4.69, 9.17) is 15.2 Å². The van der Waals surface area contributed by atoms with Gasteiger partial charge in [-0.05, 0) is 17.4 Å². The standard InChI is InChI=1S/C20H24N2O3/c1-2-11-25-19-17-6-4-3-5-15(17)14-16(18(19)20(21)23)7-8-22-9-12-24-13-10-22/h2-6,14H,1,7-13H2,(H2,21,23). The van der Waals surface area contributed by atoms with Crippen molar-refractivity contribution in [3.8, 4) is 5.75 Å². The molecule has 1 aliphatic heterocycles. The lowest BCUT2D eigenvalue weighted by atomic mass is 9.96. The summed E-state index contributed by atoms with van der Waals surface area (Å²) < 4.78 is 11.2. The van der Waals surface area contributed by atoms with Gasteiger partial charge in [0.2, 0.25) is 0 Å². The van der Waals surface area contributed by atoms with Crippen molar-refractivity contribution in [1.82, 2.24) is 4.90 Å². The normalized spacial score (nSPS) is 15.2. The number of fused-ring (bicyclic) bond motifs is 1. The molecule has 132 valence electrons. The molecule has 0 aromatic heterocycles. The molecule has 0 saturated carbocycles. The van der Waals surface area contributed by atoms with Gasteiger partial charge in [0.15, 0.2) is 0 Å². The van der Waals surface area contributed by atoms with Crippen LogP contribution in [-0.4, -0.2) is 50.3 Å². The minimum absolute atomic E-state index is 0.331. The summed E-state index contributed by atoms with van der Waals surface area (Å²) in [6.45, 7) is 8.23. The van der Waals surface area contributed by atoms with Gasteiger partial charge in [0.1, 0.15) is 12.4 Å². The van der Waals surface area contributed by atoms with Gasteiger partial charge in [0.05, 0.1) is 18.8 Å². The van der Waals surface area contributed by atoms with Crippen molar-refractivity contribution >= 4 is 16.7 Å². The number of nitrogens with two attached hydrogens (primary N) is 1. The molecule has 1 fully saturated rings. The Kier molecular flexibility index (Phi) is 5.68. The second-order valence-electron chi connectivity index (χ2n) is 6.13. The Morgan fingerprint density at radius 2 is 2.08 bits per heavy atom. The van der Waals surface area contributed by atoms with Crippen molar-refractivity contribution in [1.29, 1.82) is 0 Å². The van der Waals surface area contributed by atoms with Gasteiger partial charge in [-0.15, -0.1) is 0 Å². The number of hydrogen-bond donors (Lipinski definition) is 1. The summed E-state index contributed by atoms with van der Waals surface area (Å²) in [5.41, 5.74) is 7.12. The van der Waals surface area contributed by atoms with Gasteiger partial charge >= 0.3 is 0 Å². The number of morpholine rings is 1. The third kappa shape index (κ3) is 4.00. The lowest BCUT2D eigenvalue weighted by Crippen LogP contribution is -2.37. The van der Waals surface area contributed by atoms with Crippen LogP contribution >= 0.6 is 0 Å². The van der Waals surface area contributed by atoms with Crippen LogP contribution in [0.15, 0.2) is 43.0 Å². The van der Waals surface area contributed by atoms with Crippen molar-refractivity contribution in [2.75, 3.05) is 39.5 Å². The van der Waals surface area contributed by atoms with E-state index in [0.29, 0.717) is 17.9 Å². The first kappa shape index (κ1) is 17.5. The Bertz CT molecular complexity index is 767. The molecule has 2 aromatic carbocycles. The number of ether oxygens (including phenoxy) is 2. The number of hydrogen-bond acceptors (Lipinski definition) is 4. The van der Waals surface area contributed by atoms with Crippen LogP contribution in [0.1, 0.15) is 15.9 Å². The monoisotopic (exact) mass is 340 g/mol. The van der Waals surface area contributed by atoms with Crippen LogP contribution in [0.25, 0.3) is 10.8 Å². The zero-order chi connectivity index (χ0) is 17.6. The minimum Gasteiger partial charge on any atom is -0.488 e. The molecular weight excluding hydrogens is 316 g/mol. The maximum Gasteiger partial charge on any atom is 0.252 e. The van der Waals surface area contributed by atoms with Crippen LogP contribution in [0, 0.1) is 0 Å². The van der Waals surface area contributed by atoms with E-state index in [1.54, 1.807) is 6.08 Å². The SMILES string of the molecule is C=CCOc1c(C(N)=O)c(CCN2CCOCC2)cc2ccccc12. The van der Waals surface area contributed by atoms with Gasteiger partial charge in [0, 0.05) is 25.0 Å². The molecule has 5 heteroatoms. The van der Waals surface area contributed by atoms with Crippen LogP contribution in [0.5, 0.6) is 5.75 Å². The third-order valence-electron chi connectivity index (χ3n) is 4.48. The van der Waals surface area contributed by atoms with E-state index in [9.17, 15) is 4.79 Å². The quantitative estimate of drug-likeness (QED) is 0.786. The molecule has 5 nitrogen and oxygen atoms in total. The summed E-state index contributed by atoms with van der Waals surface area (Å²) in [5, 5.41) is 1.94. The van der Waals surface area contributed by atoms with E-state index in [2.05, 4.69) is 17.5 Å². The third-order valence-corrected chi connectivity index (χ3v) is 4.48. The second kappa shape index (κ2) is 8.14. The second-order valence-corrected chi connectivity index (χ2v) is 6.13. The average molecular weight is 340 g/mol. The first-order valence-corrected chi connectivity index (χ1v) is 8.59. The number of carbonyl (C=O) groups excluding carboxylic acids is 1. The predicted molar refractivity (Wildman–Crippen MR) is 99.1 cm³/mol. The van der Waals surface area contributed by atoms with E-state index in [0.717, 1.165) is 55.6 Å².